The number of ether oxygens (including phenoxy) is 3. The fraction of sp³-hybridized carbons (Fsp3) is 0.471. The van der Waals surface area contributed by atoms with Crippen LogP contribution in [0.5, 0.6) is 17.2 Å². The summed E-state index contributed by atoms with van der Waals surface area (Å²) in [5.41, 5.74) is 0.968. The molecule has 0 aliphatic carbocycles. The number of aromatic nitrogens is 2. The molecular weight excluding hydrogens is 465 g/mol. The van der Waals surface area contributed by atoms with E-state index in [-0.39, 0.29) is 24.0 Å². The molecule has 0 saturated heterocycles. The minimum Gasteiger partial charge on any atom is -0.493 e. The zero-order valence-electron chi connectivity index (χ0n) is 16.2. The van der Waals surface area contributed by atoms with E-state index in [1.165, 1.54) is 0 Å². The van der Waals surface area contributed by atoms with Crippen LogP contribution in [-0.4, -0.2) is 51.0 Å². The number of hydrogen-bond acceptors (Lipinski definition) is 7. The number of guanidine groups is 1. The Morgan fingerprint density at radius 1 is 1.11 bits per heavy atom. The zero-order chi connectivity index (χ0) is 18.9. The van der Waals surface area contributed by atoms with Crippen molar-refractivity contribution < 1.29 is 18.7 Å². The molecule has 0 aliphatic rings. The molecule has 0 spiro atoms. The van der Waals surface area contributed by atoms with E-state index in [9.17, 15) is 0 Å². The van der Waals surface area contributed by atoms with Gasteiger partial charge in [0, 0.05) is 26.6 Å². The second kappa shape index (κ2) is 11.5. The summed E-state index contributed by atoms with van der Waals surface area (Å²) in [5, 5.41) is 10.2. The third-order valence-electron chi connectivity index (χ3n) is 3.61. The van der Waals surface area contributed by atoms with Crippen LogP contribution in [0.15, 0.2) is 21.6 Å². The molecule has 10 heteroatoms. The van der Waals surface area contributed by atoms with Gasteiger partial charge in [0.1, 0.15) is 0 Å². The first-order valence-corrected chi connectivity index (χ1v) is 8.13. The third kappa shape index (κ3) is 6.45. The fourth-order valence-electron chi connectivity index (χ4n) is 2.37. The number of benzene rings is 1. The second-order valence-electron chi connectivity index (χ2n) is 5.37. The summed E-state index contributed by atoms with van der Waals surface area (Å²) in [6.07, 6.45) is 0.617. The summed E-state index contributed by atoms with van der Waals surface area (Å²) >= 11 is 0. The molecule has 1 aromatic heterocycles. The molecule has 2 aromatic rings. The minimum absolute atomic E-state index is 0. The monoisotopic (exact) mass is 491 g/mol. The van der Waals surface area contributed by atoms with Gasteiger partial charge >= 0.3 is 0 Å². The smallest absolute Gasteiger partial charge is 0.228 e. The van der Waals surface area contributed by atoms with Crippen molar-refractivity contribution in [2.75, 3.05) is 34.9 Å². The molecule has 0 radical (unpaired) electrons. The summed E-state index contributed by atoms with van der Waals surface area (Å²) in [5.74, 6) is 3.67. The zero-order valence-corrected chi connectivity index (χ0v) is 18.5. The van der Waals surface area contributed by atoms with E-state index in [1.807, 2.05) is 12.1 Å². The van der Waals surface area contributed by atoms with Crippen molar-refractivity contribution in [2.24, 2.45) is 4.99 Å². The van der Waals surface area contributed by atoms with Gasteiger partial charge in [-0.1, -0.05) is 5.16 Å². The minimum atomic E-state index is 0. The number of aryl methyl sites for hydroxylation is 1. The van der Waals surface area contributed by atoms with Crippen LogP contribution in [0, 0.1) is 6.92 Å². The van der Waals surface area contributed by atoms with E-state index in [2.05, 4.69) is 25.8 Å². The fourth-order valence-corrected chi connectivity index (χ4v) is 2.37. The van der Waals surface area contributed by atoms with Gasteiger partial charge in [-0.3, -0.25) is 4.99 Å². The Hall–Kier alpha value is -2.24. The van der Waals surface area contributed by atoms with Crippen molar-refractivity contribution in [3.8, 4) is 17.2 Å². The van der Waals surface area contributed by atoms with Crippen LogP contribution < -0.4 is 24.8 Å². The topological polar surface area (TPSA) is 103 Å². The van der Waals surface area contributed by atoms with Crippen molar-refractivity contribution in [1.29, 1.82) is 0 Å². The van der Waals surface area contributed by atoms with Gasteiger partial charge in [-0.15, -0.1) is 24.0 Å². The predicted molar refractivity (Wildman–Crippen MR) is 112 cm³/mol. The van der Waals surface area contributed by atoms with E-state index in [0.717, 1.165) is 5.56 Å². The Morgan fingerprint density at radius 3 is 2.26 bits per heavy atom. The first-order chi connectivity index (χ1) is 12.6. The maximum Gasteiger partial charge on any atom is 0.228 e. The van der Waals surface area contributed by atoms with Gasteiger partial charge in [0.05, 0.1) is 21.3 Å². The number of methoxy groups -OCH3 is 3. The summed E-state index contributed by atoms with van der Waals surface area (Å²) in [4.78, 5) is 8.36. The highest BCUT2D eigenvalue weighted by Gasteiger charge is 2.13. The molecule has 1 heterocycles. The molecule has 0 fully saturated rings. The lowest BCUT2D eigenvalue weighted by molar-refractivity contribution is 0.323. The van der Waals surface area contributed by atoms with Gasteiger partial charge in [0.2, 0.25) is 11.6 Å². The molecule has 27 heavy (non-hydrogen) atoms. The molecule has 0 amide bonds. The Morgan fingerprint density at radius 2 is 1.78 bits per heavy atom. The van der Waals surface area contributed by atoms with Crippen LogP contribution in [-0.2, 0) is 13.0 Å². The third-order valence-corrected chi connectivity index (χ3v) is 3.61. The molecule has 2 N–H and O–H groups in total. The standard InChI is InChI=1S/C17H25N5O4.HI/c1-11-21-15(26-22-11)6-7-19-17(18-2)20-10-12-8-13(23-3)16(25-5)14(9-12)24-4;/h8-9H,6-7,10H2,1-5H3,(H2,18,19,20);1H. The quantitative estimate of drug-likeness (QED) is 0.328. The number of nitrogens with one attached hydrogen (secondary N) is 2. The van der Waals surface area contributed by atoms with Crippen molar-refractivity contribution in [1.82, 2.24) is 20.8 Å². The molecule has 9 nitrogen and oxygen atoms in total. The highest BCUT2D eigenvalue weighted by Crippen LogP contribution is 2.38. The number of nitrogens with zero attached hydrogens (tertiary/aromatic N) is 3. The molecular formula is C17H26IN5O4. The van der Waals surface area contributed by atoms with Crippen molar-refractivity contribution >= 4 is 29.9 Å². The van der Waals surface area contributed by atoms with E-state index < -0.39 is 0 Å². The number of aliphatic imine (C=N–C) groups is 1. The lowest BCUT2D eigenvalue weighted by Gasteiger charge is -2.15. The van der Waals surface area contributed by atoms with E-state index in [0.29, 0.717) is 54.4 Å². The van der Waals surface area contributed by atoms with E-state index in [1.54, 1.807) is 35.3 Å². The van der Waals surface area contributed by atoms with E-state index >= 15 is 0 Å². The lowest BCUT2D eigenvalue weighted by Crippen LogP contribution is -2.37. The first-order valence-electron chi connectivity index (χ1n) is 8.13. The number of hydrogen-bond donors (Lipinski definition) is 2. The van der Waals surface area contributed by atoms with Gasteiger partial charge in [0.25, 0.3) is 0 Å². The maximum atomic E-state index is 5.37. The predicted octanol–water partition coefficient (Wildman–Crippen LogP) is 1.93. The molecule has 0 aliphatic heterocycles. The number of rotatable bonds is 8. The molecule has 0 saturated carbocycles. The summed E-state index contributed by atoms with van der Waals surface area (Å²) < 4.78 is 21.1. The molecule has 1 aromatic carbocycles. The average Bonchev–Trinajstić information content (AvgIpc) is 3.08. The van der Waals surface area contributed by atoms with Crippen LogP contribution in [0.2, 0.25) is 0 Å². The van der Waals surface area contributed by atoms with Gasteiger partial charge in [0.15, 0.2) is 23.3 Å². The van der Waals surface area contributed by atoms with E-state index in [4.69, 9.17) is 18.7 Å². The summed E-state index contributed by atoms with van der Waals surface area (Å²) in [6.45, 7) is 2.95. The molecule has 0 unspecified atom stereocenters. The Labute approximate surface area is 175 Å². The van der Waals surface area contributed by atoms with Crippen molar-refractivity contribution in [2.45, 2.75) is 19.9 Å². The highest BCUT2D eigenvalue weighted by atomic mass is 127. The van der Waals surface area contributed by atoms with Crippen LogP contribution in [0.25, 0.3) is 0 Å². The van der Waals surface area contributed by atoms with Gasteiger partial charge in [-0.05, 0) is 24.6 Å². The maximum absolute atomic E-state index is 5.37. The van der Waals surface area contributed by atoms with Crippen LogP contribution >= 0.6 is 24.0 Å². The molecule has 2 rings (SSSR count). The molecule has 150 valence electrons. The highest BCUT2D eigenvalue weighted by molar-refractivity contribution is 14.0. The van der Waals surface area contributed by atoms with Crippen molar-refractivity contribution in [3.05, 3.63) is 29.4 Å². The van der Waals surface area contributed by atoms with Crippen LogP contribution in [0.4, 0.5) is 0 Å². The first kappa shape index (κ1) is 22.8. The summed E-state index contributed by atoms with van der Waals surface area (Å²) in [7, 11) is 6.47. The second-order valence-corrected chi connectivity index (χ2v) is 5.37. The Kier molecular flexibility index (Phi) is 9.68. The SMILES string of the molecule is CN=C(NCCc1nc(C)no1)NCc1cc(OC)c(OC)c(OC)c1.I. The van der Waals surface area contributed by atoms with Crippen LogP contribution in [0.3, 0.4) is 0 Å². The largest absolute Gasteiger partial charge is 0.493 e. The van der Waals surface area contributed by atoms with Gasteiger partial charge < -0.3 is 29.4 Å². The lowest BCUT2D eigenvalue weighted by atomic mass is 10.2. The normalized spacial score (nSPS) is 10.8. The Bertz CT molecular complexity index is 726. The molecule has 0 atom stereocenters. The van der Waals surface area contributed by atoms with Crippen molar-refractivity contribution in [3.63, 3.8) is 0 Å². The average molecular weight is 491 g/mol. The van der Waals surface area contributed by atoms with Crippen LogP contribution in [0.1, 0.15) is 17.3 Å². The molecule has 0 bridgehead atoms. The van der Waals surface area contributed by atoms with Gasteiger partial charge in [-0.25, -0.2) is 0 Å². The summed E-state index contributed by atoms with van der Waals surface area (Å²) in [6, 6.07) is 3.78. The Balaban J connectivity index is 0.00000364. The van der Waals surface area contributed by atoms with Gasteiger partial charge in [-0.2, -0.15) is 4.98 Å². The number of halogens is 1.